The number of carbonyl (C=O) groups excluding carboxylic acids is 2. The minimum absolute atomic E-state index is 0.00521. The van der Waals surface area contributed by atoms with Gasteiger partial charge in [0.1, 0.15) is 5.75 Å². The molecule has 0 spiro atoms. The summed E-state index contributed by atoms with van der Waals surface area (Å²) in [6.45, 7) is 0. The predicted molar refractivity (Wildman–Crippen MR) is 104 cm³/mol. The Kier molecular flexibility index (Phi) is 4.97. The quantitative estimate of drug-likeness (QED) is 0.713. The van der Waals surface area contributed by atoms with Crippen molar-refractivity contribution in [3.63, 3.8) is 0 Å². The third kappa shape index (κ3) is 3.69. The van der Waals surface area contributed by atoms with Crippen LogP contribution >= 0.6 is 0 Å². The van der Waals surface area contributed by atoms with E-state index in [0.717, 1.165) is 31.2 Å². The molecule has 2 aromatic heterocycles. The second kappa shape index (κ2) is 7.72. The third-order valence-electron chi connectivity index (χ3n) is 5.13. The Morgan fingerprint density at radius 1 is 1.04 bits per heavy atom. The number of rotatable bonds is 5. The predicted octanol–water partition coefficient (Wildman–Crippen LogP) is 2.55. The van der Waals surface area contributed by atoms with E-state index in [-0.39, 0.29) is 18.1 Å². The number of nitrogens with two attached hydrogens (primary N) is 1. The number of ether oxygens (including phenoxy) is 1. The molecule has 1 aromatic carbocycles. The molecule has 0 saturated heterocycles. The number of benzene rings is 1. The van der Waals surface area contributed by atoms with Gasteiger partial charge in [0.05, 0.1) is 28.9 Å². The maximum Gasteiger partial charge on any atom is 0.255 e. The van der Waals surface area contributed by atoms with Gasteiger partial charge in [0.15, 0.2) is 0 Å². The van der Waals surface area contributed by atoms with Crippen LogP contribution in [0.25, 0.3) is 5.52 Å². The first-order valence-electron chi connectivity index (χ1n) is 9.40. The number of primary amides is 1. The fourth-order valence-corrected chi connectivity index (χ4v) is 3.65. The Morgan fingerprint density at radius 3 is 2.57 bits per heavy atom. The molecule has 3 aromatic rings. The number of para-hydroxylation sites is 1. The second-order valence-corrected chi connectivity index (χ2v) is 7.01. The minimum Gasteiger partial charge on any atom is -0.490 e. The summed E-state index contributed by atoms with van der Waals surface area (Å²) in [5.74, 6) is -0.0802. The molecular formula is C21H22N4O3. The van der Waals surface area contributed by atoms with Gasteiger partial charge in [-0.1, -0.05) is 18.2 Å². The van der Waals surface area contributed by atoms with Crippen molar-refractivity contribution < 1.29 is 14.3 Å². The molecule has 0 radical (unpaired) electrons. The van der Waals surface area contributed by atoms with E-state index in [2.05, 4.69) is 10.4 Å². The molecule has 7 heteroatoms. The smallest absolute Gasteiger partial charge is 0.255 e. The monoisotopic (exact) mass is 378 g/mol. The Hall–Kier alpha value is -3.35. The minimum atomic E-state index is -0.495. The first kappa shape index (κ1) is 18.0. The van der Waals surface area contributed by atoms with Crippen LogP contribution in [0.5, 0.6) is 5.75 Å². The van der Waals surface area contributed by atoms with Crippen LogP contribution in [0.4, 0.5) is 0 Å². The van der Waals surface area contributed by atoms with E-state index >= 15 is 0 Å². The zero-order valence-electron chi connectivity index (χ0n) is 15.4. The molecule has 2 amide bonds. The molecule has 7 nitrogen and oxygen atoms in total. The molecule has 1 fully saturated rings. The molecule has 4 rings (SSSR count). The third-order valence-corrected chi connectivity index (χ3v) is 5.13. The number of pyridine rings is 1. The van der Waals surface area contributed by atoms with Crippen LogP contribution in [0.2, 0.25) is 0 Å². The van der Waals surface area contributed by atoms with Crippen LogP contribution in [0.15, 0.2) is 54.9 Å². The lowest BCUT2D eigenvalue weighted by Gasteiger charge is -2.29. The molecule has 0 aliphatic heterocycles. The van der Waals surface area contributed by atoms with Gasteiger partial charge in [-0.05, 0) is 49.9 Å². The number of fused-ring (bicyclic) bond motifs is 1. The average Bonchev–Trinajstić information content (AvgIpc) is 3.14. The Bertz CT molecular complexity index is 1010. The van der Waals surface area contributed by atoms with Gasteiger partial charge in [0, 0.05) is 12.2 Å². The summed E-state index contributed by atoms with van der Waals surface area (Å²) in [7, 11) is 0. The lowest BCUT2D eigenvalue weighted by Crippen LogP contribution is -2.39. The standard InChI is InChI=1S/C21H22N4O3/c22-20(26)16-5-1-2-7-19(16)28-15-10-8-14(9-11-15)24-21(27)17-13-23-25-12-4-3-6-18(17)25/h1-7,12-15H,8-11H2,(H2,22,26)(H,24,27). The number of hydrogen-bond acceptors (Lipinski definition) is 4. The van der Waals surface area contributed by atoms with Crippen molar-refractivity contribution in [1.82, 2.24) is 14.9 Å². The number of hydrogen-bond donors (Lipinski definition) is 2. The number of nitrogens with one attached hydrogen (secondary N) is 1. The Balaban J connectivity index is 1.35. The SMILES string of the molecule is NC(=O)c1ccccc1OC1CCC(NC(=O)c2cnn3ccccc23)CC1. The van der Waals surface area contributed by atoms with E-state index in [1.165, 1.54) is 0 Å². The van der Waals surface area contributed by atoms with Gasteiger partial charge in [0.2, 0.25) is 0 Å². The molecule has 0 atom stereocenters. The van der Waals surface area contributed by atoms with E-state index in [1.807, 2.05) is 30.5 Å². The molecule has 1 aliphatic carbocycles. The highest BCUT2D eigenvalue weighted by atomic mass is 16.5. The fraction of sp³-hybridized carbons (Fsp3) is 0.286. The summed E-state index contributed by atoms with van der Waals surface area (Å²) in [6.07, 6.45) is 6.65. The van der Waals surface area contributed by atoms with Gasteiger partial charge < -0.3 is 15.8 Å². The number of carbonyl (C=O) groups is 2. The summed E-state index contributed by atoms with van der Waals surface area (Å²) in [4.78, 5) is 24.2. The molecule has 3 N–H and O–H groups in total. The maximum absolute atomic E-state index is 12.6. The highest BCUT2D eigenvalue weighted by Crippen LogP contribution is 2.26. The summed E-state index contributed by atoms with van der Waals surface area (Å²) >= 11 is 0. The van der Waals surface area contributed by atoms with Crippen LogP contribution in [0.1, 0.15) is 46.4 Å². The molecule has 1 aliphatic rings. The van der Waals surface area contributed by atoms with Gasteiger partial charge in [-0.2, -0.15) is 5.10 Å². The fourth-order valence-electron chi connectivity index (χ4n) is 3.65. The van der Waals surface area contributed by atoms with E-state index < -0.39 is 5.91 Å². The molecule has 1 saturated carbocycles. The van der Waals surface area contributed by atoms with E-state index in [4.69, 9.17) is 10.5 Å². The number of aromatic nitrogens is 2. The van der Waals surface area contributed by atoms with Crippen molar-refractivity contribution in [3.05, 3.63) is 66.0 Å². The Labute approximate surface area is 162 Å². The van der Waals surface area contributed by atoms with E-state index in [9.17, 15) is 9.59 Å². The molecule has 28 heavy (non-hydrogen) atoms. The number of nitrogens with zero attached hydrogens (tertiary/aromatic N) is 2. The second-order valence-electron chi connectivity index (χ2n) is 7.01. The van der Waals surface area contributed by atoms with Crippen LogP contribution in [-0.4, -0.2) is 33.6 Å². The number of amides is 2. The lowest BCUT2D eigenvalue weighted by atomic mass is 9.92. The van der Waals surface area contributed by atoms with Crippen LogP contribution in [0.3, 0.4) is 0 Å². The summed E-state index contributed by atoms with van der Waals surface area (Å²) in [5, 5.41) is 7.32. The van der Waals surface area contributed by atoms with Crippen LogP contribution < -0.4 is 15.8 Å². The highest BCUT2D eigenvalue weighted by molar-refractivity contribution is 6.00. The summed E-state index contributed by atoms with van der Waals surface area (Å²) < 4.78 is 7.69. The Morgan fingerprint density at radius 2 is 1.79 bits per heavy atom. The molecule has 2 heterocycles. The van der Waals surface area contributed by atoms with Crippen molar-refractivity contribution in [3.8, 4) is 5.75 Å². The highest BCUT2D eigenvalue weighted by Gasteiger charge is 2.25. The van der Waals surface area contributed by atoms with Crippen molar-refractivity contribution in [2.24, 2.45) is 5.73 Å². The van der Waals surface area contributed by atoms with Gasteiger partial charge >= 0.3 is 0 Å². The largest absolute Gasteiger partial charge is 0.490 e. The van der Waals surface area contributed by atoms with Crippen molar-refractivity contribution >= 4 is 17.3 Å². The van der Waals surface area contributed by atoms with Gasteiger partial charge in [-0.15, -0.1) is 0 Å². The molecule has 144 valence electrons. The zero-order valence-corrected chi connectivity index (χ0v) is 15.4. The van der Waals surface area contributed by atoms with Gasteiger partial charge in [-0.25, -0.2) is 4.52 Å². The summed E-state index contributed by atoms with van der Waals surface area (Å²) in [6, 6.07) is 12.8. The van der Waals surface area contributed by atoms with Crippen molar-refractivity contribution in [2.45, 2.75) is 37.8 Å². The first-order valence-corrected chi connectivity index (χ1v) is 9.40. The van der Waals surface area contributed by atoms with E-state index in [0.29, 0.717) is 16.9 Å². The summed E-state index contributed by atoms with van der Waals surface area (Å²) in [5.41, 5.74) is 7.17. The topological polar surface area (TPSA) is 98.7 Å². The van der Waals surface area contributed by atoms with Gasteiger partial charge in [-0.3, -0.25) is 9.59 Å². The van der Waals surface area contributed by atoms with Crippen molar-refractivity contribution in [1.29, 1.82) is 0 Å². The van der Waals surface area contributed by atoms with E-state index in [1.54, 1.807) is 28.9 Å². The molecule has 0 bridgehead atoms. The van der Waals surface area contributed by atoms with Crippen molar-refractivity contribution in [2.75, 3.05) is 0 Å². The van der Waals surface area contributed by atoms with Crippen LogP contribution in [0, 0.1) is 0 Å². The first-order chi connectivity index (χ1) is 13.6. The average molecular weight is 378 g/mol. The van der Waals surface area contributed by atoms with Crippen LogP contribution in [-0.2, 0) is 0 Å². The molecule has 0 unspecified atom stereocenters. The maximum atomic E-state index is 12.6. The molecular weight excluding hydrogens is 356 g/mol. The van der Waals surface area contributed by atoms with Gasteiger partial charge in [0.25, 0.3) is 11.8 Å². The lowest BCUT2D eigenvalue weighted by molar-refractivity contribution is 0.0887. The normalized spacial score (nSPS) is 19.3. The zero-order chi connectivity index (χ0) is 19.5.